The van der Waals surface area contributed by atoms with Crippen molar-refractivity contribution in [1.29, 1.82) is 0 Å². The highest BCUT2D eigenvalue weighted by Crippen LogP contribution is 2.46. The lowest BCUT2D eigenvalue weighted by atomic mass is 9.85. The van der Waals surface area contributed by atoms with Crippen LogP contribution in [0.25, 0.3) is 141 Å². The summed E-state index contributed by atoms with van der Waals surface area (Å²) in [6.45, 7) is 0. The molecule has 14 rings (SSSR count). The van der Waals surface area contributed by atoms with Crippen molar-refractivity contribution in [1.82, 2.24) is 15.0 Å². The standard InChI is InChI=1S/C61H35N3S/c1-2-14-39(15-3-1)59-62-60(64-61(63-59)51-28-13-27-49-45-22-8-9-29-53(45)65-58(49)51)50-23-7-6-21-44(50)43-20-5-4-19-42(43)41-34-40-33-32-38-17-11-25-47-46-24-10-16-36-30-31-37-18-12-26-48(56(37)54(36)46)52(35-41)57(40)55(38)47/h1-35H. The lowest BCUT2D eigenvalue weighted by Gasteiger charge is -2.18. The van der Waals surface area contributed by atoms with Crippen LogP contribution in [0.3, 0.4) is 0 Å². The summed E-state index contributed by atoms with van der Waals surface area (Å²) < 4.78 is 2.42. The lowest BCUT2D eigenvalue weighted by Crippen LogP contribution is -2.01. The molecule has 0 radical (unpaired) electrons. The van der Waals surface area contributed by atoms with E-state index in [0.717, 1.165) is 38.9 Å². The number of fused-ring (bicyclic) bond motifs is 5. The van der Waals surface area contributed by atoms with Gasteiger partial charge in [0.25, 0.3) is 0 Å². The van der Waals surface area contributed by atoms with E-state index in [2.05, 4.69) is 194 Å². The van der Waals surface area contributed by atoms with Crippen molar-refractivity contribution >= 4 is 96.1 Å². The van der Waals surface area contributed by atoms with Gasteiger partial charge >= 0.3 is 0 Å². The summed E-state index contributed by atoms with van der Waals surface area (Å²) in [5, 5.41) is 17.7. The Morgan fingerprint density at radius 2 is 0.723 bits per heavy atom. The van der Waals surface area contributed by atoms with Crippen molar-refractivity contribution in [3.63, 3.8) is 0 Å². The summed E-state index contributed by atoms with van der Waals surface area (Å²) >= 11 is 1.79. The number of thiophene rings is 1. The van der Waals surface area contributed by atoms with Gasteiger partial charge < -0.3 is 0 Å². The van der Waals surface area contributed by atoms with Crippen molar-refractivity contribution in [3.8, 4) is 56.4 Å². The fourth-order valence-electron chi connectivity index (χ4n) is 10.6. The van der Waals surface area contributed by atoms with Crippen molar-refractivity contribution in [3.05, 3.63) is 212 Å². The van der Waals surface area contributed by atoms with E-state index in [1.54, 1.807) is 11.3 Å². The van der Waals surface area contributed by atoms with Crippen LogP contribution in [-0.4, -0.2) is 15.0 Å². The molecular weight excluding hydrogens is 807 g/mol. The van der Waals surface area contributed by atoms with Crippen molar-refractivity contribution in [2.75, 3.05) is 0 Å². The lowest BCUT2D eigenvalue weighted by molar-refractivity contribution is 1.08. The molecule has 300 valence electrons. The van der Waals surface area contributed by atoms with Crippen LogP contribution in [0.5, 0.6) is 0 Å². The fraction of sp³-hybridized carbons (Fsp3) is 0. The molecule has 2 heterocycles. The third-order valence-electron chi connectivity index (χ3n) is 13.4. The van der Waals surface area contributed by atoms with Gasteiger partial charge in [0.1, 0.15) is 0 Å². The molecule has 0 fully saturated rings. The molecule has 0 aliphatic heterocycles. The number of aromatic nitrogens is 3. The highest BCUT2D eigenvalue weighted by Gasteiger charge is 2.21. The smallest absolute Gasteiger partial charge is 0.165 e. The van der Waals surface area contributed by atoms with E-state index in [-0.39, 0.29) is 0 Å². The summed E-state index contributed by atoms with van der Waals surface area (Å²) in [5.41, 5.74) is 7.37. The Morgan fingerprint density at radius 1 is 0.262 bits per heavy atom. The Morgan fingerprint density at radius 3 is 1.42 bits per heavy atom. The van der Waals surface area contributed by atoms with Gasteiger partial charge in [-0.1, -0.05) is 188 Å². The molecule has 0 atom stereocenters. The summed E-state index contributed by atoms with van der Waals surface area (Å²) in [6, 6.07) is 77.1. The van der Waals surface area contributed by atoms with Gasteiger partial charge in [-0.2, -0.15) is 0 Å². The number of hydrogen-bond acceptors (Lipinski definition) is 4. The first-order valence-electron chi connectivity index (χ1n) is 22.1. The third-order valence-corrected chi connectivity index (χ3v) is 14.7. The first kappa shape index (κ1) is 36.2. The zero-order valence-corrected chi connectivity index (χ0v) is 35.8. The fourth-order valence-corrected chi connectivity index (χ4v) is 11.8. The molecule has 0 amide bonds. The second-order valence-corrected chi connectivity index (χ2v) is 18.1. The number of benzene rings is 11. The van der Waals surface area contributed by atoms with E-state index in [1.165, 1.54) is 84.8 Å². The van der Waals surface area contributed by atoms with E-state index in [4.69, 9.17) is 15.0 Å². The van der Waals surface area contributed by atoms with Gasteiger partial charge in [0, 0.05) is 36.9 Å². The minimum Gasteiger partial charge on any atom is -0.208 e. The van der Waals surface area contributed by atoms with Gasteiger partial charge in [-0.05, 0) is 111 Å². The SMILES string of the molecule is c1ccc(-c2nc(-c3ccccc3-c3ccccc3-c3cc4ccc5cccc6c7cccc8ccc9cccc(c(c3)c4c56)c9c87)nc(-c3cccc4c3sc3ccccc34)n2)cc1. The summed E-state index contributed by atoms with van der Waals surface area (Å²) in [5.74, 6) is 1.94. The maximum absolute atomic E-state index is 5.37. The molecule has 2 aromatic heterocycles. The van der Waals surface area contributed by atoms with E-state index in [9.17, 15) is 0 Å². The van der Waals surface area contributed by atoms with Gasteiger partial charge in [0.15, 0.2) is 17.5 Å². The van der Waals surface area contributed by atoms with Crippen LogP contribution in [0.4, 0.5) is 0 Å². The second kappa shape index (κ2) is 14.1. The number of nitrogens with zero attached hydrogens (tertiary/aromatic N) is 3. The van der Waals surface area contributed by atoms with Crippen molar-refractivity contribution in [2.45, 2.75) is 0 Å². The maximum Gasteiger partial charge on any atom is 0.165 e. The first-order valence-corrected chi connectivity index (χ1v) is 22.9. The molecule has 0 unspecified atom stereocenters. The Labute approximate surface area is 377 Å². The summed E-state index contributed by atoms with van der Waals surface area (Å²) in [6.07, 6.45) is 0. The predicted molar refractivity (Wildman–Crippen MR) is 276 cm³/mol. The number of rotatable bonds is 5. The van der Waals surface area contributed by atoms with Crippen molar-refractivity contribution < 1.29 is 0 Å². The van der Waals surface area contributed by atoms with Crippen LogP contribution in [0.15, 0.2) is 212 Å². The van der Waals surface area contributed by atoms with E-state index in [1.807, 2.05) is 18.2 Å². The maximum atomic E-state index is 5.37. The molecule has 3 nitrogen and oxygen atoms in total. The summed E-state index contributed by atoms with van der Waals surface area (Å²) in [7, 11) is 0. The van der Waals surface area contributed by atoms with Crippen LogP contribution >= 0.6 is 11.3 Å². The molecule has 65 heavy (non-hydrogen) atoms. The predicted octanol–water partition coefficient (Wildman–Crippen LogP) is 16.9. The quantitative estimate of drug-likeness (QED) is 0.162. The van der Waals surface area contributed by atoms with Crippen molar-refractivity contribution in [2.24, 2.45) is 0 Å². The molecule has 0 bridgehead atoms. The van der Waals surface area contributed by atoms with Gasteiger partial charge in [-0.3, -0.25) is 0 Å². The van der Waals surface area contributed by atoms with Crippen LogP contribution in [-0.2, 0) is 0 Å². The minimum atomic E-state index is 0.635. The molecule has 14 aromatic rings. The van der Waals surface area contributed by atoms with E-state index < -0.39 is 0 Å². The topological polar surface area (TPSA) is 38.7 Å². The average molecular weight is 842 g/mol. The van der Waals surface area contributed by atoms with Crippen LogP contribution in [0, 0.1) is 0 Å². The highest BCUT2D eigenvalue weighted by atomic mass is 32.1. The normalized spacial score (nSPS) is 12.0. The van der Waals surface area contributed by atoms with Gasteiger partial charge in [-0.25, -0.2) is 15.0 Å². The highest BCUT2D eigenvalue weighted by molar-refractivity contribution is 7.26. The van der Waals surface area contributed by atoms with E-state index in [0.29, 0.717) is 17.5 Å². The Hall–Kier alpha value is -8.31. The zero-order chi connectivity index (χ0) is 42.6. The monoisotopic (exact) mass is 841 g/mol. The molecule has 0 spiro atoms. The third kappa shape index (κ3) is 5.51. The Balaban J connectivity index is 1.02. The zero-order valence-electron chi connectivity index (χ0n) is 35.0. The molecule has 0 N–H and O–H groups in total. The largest absolute Gasteiger partial charge is 0.208 e. The Bertz CT molecular complexity index is 4240. The average Bonchev–Trinajstić information content (AvgIpc) is 3.76. The molecule has 0 aliphatic rings. The van der Waals surface area contributed by atoms with Crippen LogP contribution in [0.1, 0.15) is 0 Å². The Kier molecular flexibility index (Phi) is 7.85. The number of hydrogen-bond donors (Lipinski definition) is 0. The second-order valence-electron chi connectivity index (χ2n) is 17.0. The molecule has 0 aliphatic carbocycles. The van der Waals surface area contributed by atoms with Crippen LogP contribution in [0.2, 0.25) is 0 Å². The molecule has 0 saturated heterocycles. The van der Waals surface area contributed by atoms with Gasteiger partial charge in [0.2, 0.25) is 0 Å². The van der Waals surface area contributed by atoms with Gasteiger partial charge in [0.05, 0.1) is 0 Å². The summed E-state index contributed by atoms with van der Waals surface area (Å²) in [4.78, 5) is 15.9. The van der Waals surface area contributed by atoms with Crippen LogP contribution < -0.4 is 0 Å². The molecular formula is C61H35N3S. The molecule has 0 saturated carbocycles. The molecule has 12 aromatic carbocycles. The first-order chi connectivity index (χ1) is 32.2. The van der Waals surface area contributed by atoms with Gasteiger partial charge in [-0.15, -0.1) is 11.3 Å². The molecule has 4 heteroatoms. The minimum absolute atomic E-state index is 0.635. The van der Waals surface area contributed by atoms with E-state index >= 15 is 0 Å².